The molecular formula is C16H16Cl3NO. The molecule has 1 N–H and O–H groups in total. The van der Waals surface area contributed by atoms with E-state index in [1.54, 1.807) is 19.2 Å². The molecule has 2 rings (SSSR count). The second kappa shape index (κ2) is 7.37. The quantitative estimate of drug-likeness (QED) is 0.780. The minimum atomic E-state index is 0.524. The van der Waals surface area contributed by atoms with E-state index in [9.17, 15) is 0 Å². The normalized spacial score (nSPS) is 10.7. The SMILES string of the molecule is CCNCc1cc(OC)ccc1-c1c(Cl)cc(Cl)cc1Cl. The lowest BCUT2D eigenvalue weighted by molar-refractivity contribution is 0.414. The summed E-state index contributed by atoms with van der Waals surface area (Å²) in [4.78, 5) is 0. The van der Waals surface area contributed by atoms with Gasteiger partial charge in [-0.25, -0.2) is 0 Å². The van der Waals surface area contributed by atoms with E-state index < -0.39 is 0 Å². The third kappa shape index (κ3) is 3.83. The molecule has 0 aliphatic heterocycles. The van der Waals surface area contributed by atoms with Crippen molar-refractivity contribution in [2.24, 2.45) is 0 Å². The van der Waals surface area contributed by atoms with Gasteiger partial charge in [0.15, 0.2) is 0 Å². The highest BCUT2D eigenvalue weighted by Crippen LogP contribution is 2.39. The van der Waals surface area contributed by atoms with Crippen molar-refractivity contribution in [2.75, 3.05) is 13.7 Å². The van der Waals surface area contributed by atoms with Crippen LogP contribution in [0.3, 0.4) is 0 Å². The Hall–Kier alpha value is -0.930. The summed E-state index contributed by atoms with van der Waals surface area (Å²) in [5, 5.41) is 4.91. The summed E-state index contributed by atoms with van der Waals surface area (Å²) in [7, 11) is 1.65. The lowest BCUT2D eigenvalue weighted by atomic mass is 9.99. The maximum atomic E-state index is 6.33. The first-order valence-corrected chi connectivity index (χ1v) is 7.72. The van der Waals surface area contributed by atoms with Crippen LogP contribution in [0, 0.1) is 0 Å². The molecule has 2 aromatic carbocycles. The molecule has 0 radical (unpaired) electrons. The smallest absolute Gasteiger partial charge is 0.119 e. The molecule has 0 aliphatic rings. The van der Waals surface area contributed by atoms with E-state index >= 15 is 0 Å². The minimum absolute atomic E-state index is 0.524. The van der Waals surface area contributed by atoms with Crippen LogP contribution in [0.5, 0.6) is 5.75 Å². The zero-order chi connectivity index (χ0) is 15.4. The van der Waals surface area contributed by atoms with Gasteiger partial charge in [0.25, 0.3) is 0 Å². The van der Waals surface area contributed by atoms with Crippen LogP contribution in [0.25, 0.3) is 11.1 Å². The van der Waals surface area contributed by atoms with Crippen molar-refractivity contribution in [1.29, 1.82) is 0 Å². The predicted octanol–water partition coefficient (Wildman–Crippen LogP) is 5.43. The van der Waals surface area contributed by atoms with E-state index in [-0.39, 0.29) is 0 Å². The van der Waals surface area contributed by atoms with Gasteiger partial charge in [0.05, 0.1) is 17.2 Å². The standard InChI is InChI=1S/C16H16Cl3NO/c1-3-20-9-10-6-12(21-2)4-5-13(10)16-14(18)7-11(17)8-15(16)19/h4-8,20H,3,9H2,1-2H3. The Morgan fingerprint density at radius 3 is 2.29 bits per heavy atom. The number of hydrogen-bond donors (Lipinski definition) is 1. The molecule has 0 aromatic heterocycles. The summed E-state index contributed by atoms with van der Waals surface area (Å²) in [6.07, 6.45) is 0. The molecule has 0 amide bonds. The van der Waals surface area contributed by atoms with Gasteiger partial charge in [-0.2, -0.15) is 0 Å². The summed E-state index contributed by atoms with van der Waals surface area (Å²) in [6.45, 7) is 3.64. The highest BCUT2D eigenvalue weighted by Gasteiger charge is 2.14. The van der Waals surface area contributed by atoms with Crippen molar-refractivity contribution < 1.29 is 4.74 Å². The fraction of sp³-hybridized carbons (Fsp3) is 0.250. The molecular weight excluding hydrogens is 329 g/mol. The summed E-state index contributed by atoms with van der Waals surface area (Å²) in [5.74, 6) is 0.799. The molecule has 0 fully saturated rings. The first-order valence-electron chi connectivity index (χ1n) is 6.59. The Morgan fingerprint density at radius 2 is 1.71 bits per heavy atom. The third-order valence-corrected chi connectivity index (χ3v) is 3.97. The molecule has 0 spiro atoms. The van der Waals surface area contributed by atoms with E-state index in [1.165, 1.54) is 0 Å². The number of nitrogens with one attached hydrogen (secondary N) is 1. The largest absolute Gasteiger partial charge is 0.497 e. The average Bonchev–Trinajstić information content (AvgIpc) is 2.44. The van der Waals surface area contributed by atoms with Crippen LogP contribution in [-0.4, -0.2) is 13.7 Å². The van der Waals surface area contributed by atoms with Crippen molar-refractivity contribution in [3.05, 3.63) is 51.0 Å². The van der Waals surface area contributed by atoms with E-state index in [4.69, 9.17) is 39.5 Å². The highest BCUT2D eigenvalue weighted by atomic mass is 35.5. The molecule has 2 nitrogen and oxygen atoms in total. The van der Waals surface area contributed by atoms with Gasteiger partial charge in [0.1, 0.15) is 5.75 Å². The van der Waals surface area contributed by atoms with Gasteiger partial charge in [-0.05, 0) is 41.9 Å². The second-order valence-electron chi connectivity index (χ2n) is 4.55. The molecule has 0 saturated carbocycles. The van der Waals surface area contributed by atoms with Crippen molar-refractivity contribution in [3.63, 3.8) is 0 Å². The van der Waals surface area contributed by atoms with E-state index in [0.29, 0.717) is 21.6 Å². The van der Waals surface area contributed by atoms with Crippen LogP contribution in [-0.2, 0) is 6.54 Å². The Labute approximate surface area is 140 Å². The van der Waals surface area contributed by atoms with Crippen molar-refractivity contribution in [3.8, 4) is 16.9 Å². The minimum Gasteiger partial charge on any atom is -0.497 e. The van der Waals surface area contributed by atoms with Gasteiger partial charge in [0.2, 0.25) is 0 Å². The molecule has 0 aliphatic carbocycles. The highest BCUT2D eigenvalue weighted by molar-refractivity contribution is 6.41. The van der Waals surface area contributed by atoms with Crippen LogP contribution < -0.4 is 10.1 Å². The Kier molecular flexibility index (Phi) is 5.77. The van der Waals surface area contributed by atoms with Gasteiger partial charge >= 0.3 is 0 Å². The fourth-order valence-corrected chi connectivity index (χ4v) is 3.17. The predicted molar refractivity (Wildman–Crippen MR) is 90.8 cm³/mol. The molecule has 0 unspecified atom stereocenters. The summed E-state index contributed by atoms with van der Waals surface area (Å²) in [6, 6.07) is 9.25. The zero-order valence-corrected chi connectivity index (χ0v) is 14.1. The van der Waals surface area contributed by atoms with E-state index in [1.807, 2.05) is 18.2 Å². The Bertz CT molecular complexity index is 620. The first-order chi connectivity index (χ1) is 10.1. The Balaban J connectivity index is 2.57. The molecule has 21 heavy (non-hydrogen) atoms. The van der Waals surface area contributed by atoms with Crippen LogP contribution in [0.2, 0.25) is 15.1 Å². The molecule has 2 aromatic rings. The third-order valence-electron chi connectivity index (χ3n) is 3.15. The molecule has 5 heteroatoms. The van der Waals surface area contributed by atoms with Gasteiger partial charge in [0, 0.05) is 17.1 Å². The van der Waals surface area contributed by atoms with Gasteiger partial charge < -0.3 is 10.1 Å². The van der Waals surface area contributed by atoms with Crippen molar-refractivity contribution in [1.82, 2.24) is 5.32 Å². The molecule has 112 valence electrons. The first kappa shape index (κ1) is 16.4. The molecule has 0 saturated heterocycles. The number of ether oxygens (including phenoxy) is 1. The molecule has 0 heterocycles. The lowest BCUT2D eigenvalue weighted by Gasteiger charge is -2.15. The molecule has 0 bridgehead atoms. The van der Waals surface area contributed by atoms with Gasteiger partial charge in [-0.15, -0.1) is 0 Å². The second-order valence-corrected chi connectivity index (χ2v) is 5.80. The van der Waals surface area contributed by atoms with Crippen LogP contribution in [0.1, 0.15) is 12.5 Å². The maximum absolute atomic E-state index is 6.33. The number of halogens is 3. The molecule has 0 atom stereocenters. The van der Waals surface area contributed by atoms with Crippen molar-refractivity contribution >= 4 is 34.8 Å². The topological polar surface area (TPSA) is 21.3 Å². The monoisotopic (exact) mass is 343 g/mol. The van der Waals surface area contributed by atoms with Gasteiger partial charge in [-0.1, -0.05) is 47.8 Å². The van der Waals surface area contributed by atoms with E-state index in [2.05, 4.69) is 12.2 Å². The number of hydrogen-bond acceptors (Lipinski definition) is 2. The maximum Gasteiger partial charge on any atom is 0.119 e. The summed E-state index contributed by atoms with van der Waals surface area (Å²) in [5.41, 5.74) is 2.84. The van der Waals surface area contributed by atoms with Crippen LogP contribution >= 0.6 is 34.8 Å². The Morgan fingerprint density at radius 1 is 1.05 bits per heavy atom. The summed E-state index contributed by atoms with van der Waals surface area (Å²) < 4.78 is 5.29. The number of benzene rings is 2. The van der Waals surface area contributed by atoms with Gasteiger partial charge in [-0.3, -0.25) is 0 Å². The number of methoxy groups -OCH3 is 1. The summed E-state index contributed by atoms with van der Waals surface area (Å²) >= 11 is 18.6. The fourth-order valence-electron chi connectivity index (χ4n) is 2.15. The van der Waals surface area contributed by atoms with Crippen molar-refractivity contribution in [2.45, 2.75) is 13.5 Å². The average molecular weight is 345 g/mol. The zero-order valence-electron chi connectivity index (χ0n) is 11.8. The van der Waals surface area contributed by atoms with Crippen LogP contribution in [0.15, 0.2) is 30.3 Å². The van der Waals surface area contributed by atoms with E-state index in [0.717, 1.165) is 29.0 Å². The number of rotatable bonds is 5. The van der Waals surface area contributed by atoms with Crippen LogP contribution in [0.4, 0.5) is 0 Å². The lowest BCUT2D eigenvalue weighted by Crippen LogP contribution is -2.12.